The molecule has 0 aliphatic heterocycles. The van der Waals surface area contributed by atoms with Crippen molar-refractivity contribution in [2.45, 2.75) is 27.7 Å². The van der Waals surface area contributed by atoms with Crippen molar-refractivity contribution < 1.29 is 18.4 Å². The Morgan fingerprint density at radius 1 is 0.719 bits per heavy atom. The molecule has 0 bridgehead atoms. The van der Waals surface area contributed by atoms with Gasteiger partial charge in [-0.3, -0.25) is 9.05 Å². The van der Waals surface area contributed by atoms with Crippen LogP contribution < -0.4 is 20.6 Å². The van der Waals surface area contributed by atoms with Crippen LogP contribution in [-0.2, 0) is 0 Å². The van der Waals surface area contributed by atoms with Gasteiger partial charge in [0, 0.05) is 23.3 Å². The van der Waals surface area contributed by atoms with Gasteiger partial charge in [-0.25, -0.2) is 9.59 Å². The summed E-state index contributed by atoms with van der Waals surface area (Å²) < 4.78 is 13.0. The first-order valence-corrected chi connectivity index (χ1v) is 9.87. The van der Waals surface area contributed by atoms with Crippen molar-refractivity contribution in [2.24, 2.45) is 10.2 Å². The van der Waals surface area contributed by atoms with Crippen molar-refractivity contribution >= 4 is 11.4 Å². The molecule has 2 N–H and O–H groups in total. The summed E-state index contributed by atoms with van der Waals surface area (Å²) in [5, 5.41) is 13.6. The first kappa shape index (κ1) is 20.9. The molecule has 0 aliphatic carbocycles. The Bertz CT molecular complexity index is 1360. The number of benzene rings is 2. The Morgan fingerprint density at radius 3 is 1.47 bits per heavy atom. The van der Waals surface area contributed by atoms with E-state index < -0.39 is 11.3 Å². The molecule has 0 fully saturated rings. The summed E-state index contributed by atoms with van der Waals surface area (Å²) in [6, 6.07) is 15.0. The van der Waals surface area contributed by atoms with Gasteiger partial charge in [0.2, 0.25) is 11.4 Å². The van der Waals surface area contributed by atoms with Gasteiger partial charge in [-0.15, -0.1) is 10.2 Å². The third-order valence-corrected chi connectivity index (χ3v) is 5.04. The van der Waals surface area contributed by atoms with E-state index >= 15 is 0 Å². The van der Waals surface area contributed by atoms with Crippen molar-refractivity contribution in [3.8, 4) is 11.4 Å². The van der Waals surface area contributed by atoms with Crippen LogP contribution in [0.15, 0.2) is 77.4 Å². The zero-order valence-electron chi connectivity index (χ0n) is 18.0. The molecule has 0 radical (unpaired) electrons. The standard InChI is InChI=1S/C22H21N6O4/c1-13-9-5-7-11-17(13)27-19(21(29)31-25-27)15(3)23-24-16(4)20-22(30)32-26-28(20)18-12-8-6-10-14(18)2/h5-12,25H,1-4H3/q+1/p+1. The topological polar surface area (TPSA) is 124 Å². The summed E-state index contributed by atoms with van der Waals surface area (Å²) >= 11 is 0. The average Bonchev–Trinajstić information content (AvgIpc) is 3.35. The van der Waals surface area contributed by atoms with Gasteiger partial charge in [-0.1, -0.05) is 36.4 Å². The minimum atomic E-state index is -0.585. The van der Waals surface area contributed by atoms with Crippen LogP contribution in [0, 0.1) is 13.8 Å². The predicted molar refractivity (Wildman–Crippen MR) is 116 cm³/mol. The van der Waals surface area contributed by atoms with Gasteiger partial charge in [-0.05, 0) is 47.6 Å². The molecule has 10 heteroatoms. The lowest BCUT2D eigenvalue weighted by molar-refractivity contribution is -0.672. The van der Waals surface area contributed by atoms with E-state index in [0.717, 1.165) is 22.5 Å². The quantitative estimate of drug-likeness (QED) is 0.281. The fourth-order valence-corrected chi connectivity index (χ4v) is 3.38. The Kier molecular flexibility index (Phi) is 5.50. The number of para-hydroxylation sites is 2. The van der Waals surface area contributed by atoms with E-state index in [4.69, 9.17) is 9.05 Å². The lowest BCUT2D eigenvalue weighted by atomic mass is 10.2. The van der Waals surface area contributed by atoms with Crippen molar-refractivity contribution in [2.75, 3.05) is 0 Å². The Labute approximate surface area is 182 Å². The fraction of sp³-hybridized carbons (Fsp3) is 0.182. The highest BCUT2D eigenvalue weighted by atomic mass is 16.5. The maximum Gasteiger partial charge on any atom is 0.437 e. The van der Waals surface area contributed by atoms with Gasteiger partial charge in [0.1, 0.15) is 11.4 Å². The van der Waals surface area contributed by atoms with Crippen molar-refractivity contribution in [1.82, 2.24) is 10.5 Å². The van der Waals surface area contributed by atoms with Gasteiger partial charge in [-0.2, -0.15) is 0 Å². The molecule has 0 saturated carbocycles. The van der Waals surface area contributed by atoms with E-state index in [0.29, 0.717) is 11.4 Å². The number of aromatic nitrogens is 4. The molecule has 32 heavy (non-hydrogen) atoms. The minimum Gasteiger partial charge on any atom is -0.282 e. The second kappa shape index (κ2) is 8.42. The van der Waals surface area contributed by atoms with Crippen molar-refractivity contribution in [1.29, 1.82) is 0 Å². The van der Waals surface area contributed by atoms with E-state index in [2.05, 4.69) is 20.7 Å². The molecule has 0 spiro atoms. The normalized spacial score (nSPS) is 12.4. The molecule has 0 saturated heterocycles. The summed E-state index contributed by atoms with van der Waals surface area (Å²) in [5.74, 6) is 0. The molecule has 2 aromatic carbocycles. The highest BCUT2D eigenvalue weighted by Gasteiger charge is 2.29. The lowest BCUT2D eigenvalue weighted by Crippen LogP contribution is -2.41. The fourth-order valence-electron chi connectivity index (χ4n) is 3.38. The molecule has 2 heterocycles. The van der Waals surface area contributed by atoms with E-state index in [1.807, 2.05) is 62.4 Å². The van der Waals surface area contributed by atoms with Crippen LogP contribution in [0.4, 0.5) is 0 Å². The molecule has 10 nitrogen and oxygen atoms in total. The van der Waals surface area contributed by atoms with E-state index in [-0.39, 0.29) is 11.4 Å². The zero-order valence-corrected chi connectivity index (χ0v) is 18.0. The van der Waals surface area contributed by atoms with Crippen molar-refractivity contribution in [3.63, 3.8) is 0 Å². The van der Waals surface area contributed by atoms with E-state index in [1.54, 1.807) is 13.8 Å². The number of aromatic amines is 2. The summed E-state index contributed by atoms with van der Waals surface area (Å²) in [4.78, 5) is 24.7. The molecule has 0 aliphatic rings. The number of hydrogen-bond donors (Lipinski definition) is 2. The SMILES string of the molecule is C/C(=N\N=C(/C)c1c(=O)o[nH][n+]1-c1ccccc1C)c1c(=O)o[nH][n+]1-c1ccccc1C. The predicted octanol–water partition coefficient (Wildman–Crippen LogP) is 1.65. The summed E-state index contributed by atoms with van der Waals surface area (Å²) in [7, 11) is 0. The van der Waals surface area contributed by atoms with E-state index in [9.17, 15) is 9.59 Å². The Morgan fingerprint density at radius 2 is 1.09 bits per heavy atom. The molecular weight excluding hydrogens is 412 g/mol. The maximum absolute atomic E-state index is 12.3. The maximum atomic E-state index is 12.3. The monoisotopic (exact) mass is 434 g/mol. The second-order valence-corrected chi connectivity index (χ2v) is 7.27. The second-order valence-electron chi connectivity index (χ2n) is 7.27. The van der Waals surface area contributed by atoms with E-state index in [1.165, 1.54) is 9.36 Å². The molecule has 0 unspecified atom stereocenters. The molecule has 0 amide bonds. The Hall–Kier alpha value is -4.34. The number of hydrogen-bond acceptors (Lipinski definition) is 6. The highest BCUT2D eigenvalue weighted by molar-refractivity contribution is 5.98. The first-order chi connectivity index (χ1) is 15.4. The number of H-pyrrole nitrogens is 2. The zero-order chi connectivity index (χ0) is 22.8. The van der Waals surface area contributed by atoms with Crippen LogP contribution in [0.1, 0.15) is 36.4 Å². The first-order valence-electron chi connectivity index (χ1n) is 9.87. The number of nitrogens with zero attached hydrogens (tertiary/aromatic N) is 4. The lowest BCUT2D eigenvalue weighted by Gasteiger charge is -1.98. The molecule has 162 valence electrons. The van der Waals surface area contributed by atoms with Crippen LogP contribution in [-0.4, -0.2) is 22.0 Å². The van der Waals surface area contributed by atoms with Crippen molar-refractivity contribution in [3.05, 3.63) is 91.9 Å². The summed E-state index contributed by atoms with van der Waals surface area (Å²) in [6.45, 7) is 7.12. The Balaban J connectivity index is 1.76. The van der Waals surface area contributed by atoms with Crippen LogP contribution >= 0.6 is 0 Å². The van der Waals surface area contributed by atoms with Gasteiger partial charge in [0.05, 0.1) is 0 Å². The number of rotatable bonds is 5. The summed E-state index contributed by atoms with van der Waals surface area (Å²) in [5.41, 5.74) is 3.21. The highest BCUT2D eigenvalue weighted by Crippen LogP contribution is 2.08. The minimum absolute atomic E-state index is 0.198. The third kappa shape index (κ3) is 3.73. The summed E-state index contributed by atoms with van der Waals surface area (Å²) in [6.07, 6.45) is 0. The van der Waals surface area contributed by atoms with Crippen LogP contribution in [0.3, 0.4) is 0 Å². The van der Waals surface area contributed by atoms with Gasteiger partial charge < -0.3 is 0 Å². The van der Waals surface area contributed by atoms with Crippen LogP contribution in [0.2, 0.25) is 0 Å². The smallest absolute Gasteiger partial charge is 0.282 e. The number of nitrogens with one attached hydrogen (secondary N) is 2. The van der Waals surface area contributed by atoms with Gasteiger partial charge in [0.25, 0.3) is 0 Å². The largest absolute Gasteiger partial charge is 0.437 e. The van der Waals surface area contributed by atoms with Crippen LogP contribution in [0.25, 0.3) is 11.4 Å². The van der Waals surface area contributed by atoms with Gasteiger partial charge in [0.15, 0.2) is 0 Å². The van der Waals surface area contributed by atoms with Crippen LogP contribution in [0.5, 0.6) is 0 Å². The molecule has 4 rings (SSSR count). The average molecular weight is 434 g/mol. The third-order valence-electron chi connectivity index (χ3n) is 5.04. The molecule has 4 aromatic rings. The number of aryl methyl sites for hydroxylation is 2. The molecule has 2 aromatic heterocycles. The molecule has 0 atom stereocenters. The van der Waals surface area contributed by atoms with Gasteiger partial charge >= 0.3 is 22.6 Å². The molecular formula is C22H22N6O4+2.